The van der Waals surface area contributed by atoms with Crippen molar-refractivity contribution in [1.29, 1.82) is 0 Å². The molecule has 2 aromatic carbocycles. The molecule has 0 saturated heterocycles. The lowest BCUT2D eigenvalue weighted by molar-refractivity contribution is -0.122. The predicted octanol–water partition coefficient (Wildman–Crippen LogP) is 2.87. The second-order valence-electron chi connectivity index (χ2n) is 7.63. The smallest absolute Gasteiger partial charge is 0.265 e. The van der Waals surface area contributed by atoms with E-state index >= 15 is 0 Å². The number of ketones is 1. The number of nitrogens with one attached hydrogen (secondary N) is 1. The quantitative estimate of drug-likeness (QED) is 0.624. The first-order valence-corrected chi connectivity index (χ1v) is 10.3. The van der Waals surface area contributed by atoms with Crippen molar-refractivity contribution in [2.24, 2.45) is 0 Å². The first kappa shape index (κ1) is 20.8. The second-order valence-corrected chi connectivity index (χ2v) is 7.63. The monoisotopic (exact) mass is 426 g/mol. The van der Waals surface area contributed by atoms with Gasteiger partial charge in [-0.3, -0.25) is 14.4 Å². The zero-order valence-electron chi connectivity index (χ0n) is 16.9. The summed E-state index contributed by atoms with van der Waals surface area (Å²) in [5, 5.41) is 2.93. The van der Waals surface area contributed by atoms with Gasteiger partial charge in [0.05, 0.1) is 5.69 Å². The van der Waals surface area contributed by atoms with Gasteiger partial charge in [0.15, 0.2) is 19.0 Å². The van der Waals surface area contributed by atoms with E-state index in [0.717, 1.165) is 12.8 Å². The highest BCUT2D eigenvalue weighted by atomic mass is 19.1. The molecule has 7 nitrogen and oxygen atoms in total. The number of carbonyl (C=O) groups is 3. The largest absolute Gasteiger partial charge is 0.485 e. The van der Waals surface area contributed by atoms with Crippen molar-refractivity contribution >= 4 is 23.3 Å². The van der Waals surface area contributed by atoms with Crippen LogP contribution in [0.5, 0.6) is 11.5 Å². The molecule has 1 N–H and O–H groups in total. The molecule has 0 spiro atoms. The summed E-state index contributed by atoms with van der Waals surface area (Å²) in [5.41, 5.74) is 0.848. The Bertz CT molecular complexity index is 1010. The fourth-order valence-corrected chi connectivity index (χ4v) is 3.33. The van der Waals surface area contributed by atoms with Crippen molar-refractivity contribution in [3.8, 4) is 11.5 Å². The van der Waals surface area contributed by atoms with Gasteiger partial charge in [-0.25, -0.2) is 4.39 Å². The zero-order chi connectivity index (χ0) is 21.8. The van der Waals surface area contributed by atoms with Crippen LogP contribution >= 0.6 is 0 Å². The van der Waals surface area contributed by atoms with Crippen LogP contribution in [0.15, 0.2) is 42.5 Å². The van der Waals surface area contributed by atoms with E-state index in [4.69, 9.17) is 9.47 Å². The molecule has 1 saturated carbocycles. The molecule has 1 aliphatic heterocycles. The zero-order valence-corrected chi connectivity index (χ0v) is 16.9. The van der Waals surface area contributed by atoms with Crippen molar-refractivity contribution in [3.63, 3.8) is 0 Å². The maximum Gasteiger partial charge on any atom is 0.265 e. The molecular formula is C23H23FN2O5. The van der Waals surface area contributed by atoms with Crippen molar-refractivity contribution in [2.45, 2.75) is 31.7 Å². The van der Waals surface area contributed by atoms with Gasteiger partial charge in [0, 0.05) is 30.6 Å². The van der Waals surface area contributed by atoms with Crippen molar-refractivity contribution in [3.05, 3.63) is 53.8 Å². The average Bonchev–Trinajstić information content (AvgIpc) is 3.57. The normalized spacial score (nSPS) is 15.1. The van der Waals surface area contributed by atoms with Crippen LogP contribution in [0.2, 0.25) is 0 Å². The standard InChI is InChI=1S/C23H23FN2O5/c24-16-3-1-4-18(12-16)30-13-20(27)15-6-9-21-19(11-15)26(23(29)14-31-21)10-2-5-22(28)25-17-7-8-17/h1,3-4,6,9,11-12,17H,2,5,7-8,10,13-14H2,(H,25,28). The number of rotatable bonds is 9. The Morgan fingerprint density at radius 2 is 2.03 bits per heavy atom. The number of amides is 2. The van der Waals surface area contributed by atoms with E-state index in [-0.39, 0.29) is 36.6 Å². The number of halogens is 1. The van der Waals surface area contributed by atoms with Crippen LogP contribution in [0.1, 0.15) is 36.0 Å². The third-order valence-corrected chi connectivity index (χ3v) is 5.12. The van der Waals surface area contributed by atoms with E-state index in [2.05, 4.69) is 5.32 Å². The summed E-state index contributed by atoms with van der Waals surface area (Å²) in [7, 11) is 0. The van der Waals surface area contributed by atoms with Gasteiger partial charge >= 0.3 is 0 Å². The molecule has 0 radical (unpaired) electrons. The lowest BCUT2D eigenvalue weighted by Gasteiger charge is -2.29. The van der Waals surface area contributed by atoms with Crippen LogP contribution in [-0.4, -0.2) is 43.4 Å². The van der Waals surface area contributed by atoms with Crippen LogP contribution in [0, 0.1) is 5.82 Å². The lowest BCUT2D eigenvalue weighted by Crippen LogP contribution is -2.40. The lowest BCUT2D eigenvalue weighted by atomic mass is 10.1. The van der Waals surface area contributed by atoms with E-state index in [1.54, 1.807) is 29.2 Å². The van der Waals surface area contributed by atoms with Crippen LogP contribution in [0.4, 0.5) is 10.1 Å². The third-order valence-electron chi connectivity index (χ3n) is 5.12. The van der Waals surface area contributed by atoms with Crippen LogP contribution < -0.4 is 19.7 Å². The van der Waals surface area contributed by atoms with E-state index in [9.17, 15) is 18.8 Å². The molecular weight excluding hydrogens is 403 g/mol. The van der Waals surface area contributed by atoms with E-state index in [1.807, 2.05) is 0 Å². The molecule has 0 bridgehead atoms. The van der Waals surface area contributed by atoms with Gasteiger partial charge in [-0.15, -0.1) is 0 Å². The topological polar surface area (TPSA) is 84.9 Å². The first-order chi connectivity index (χ1) is 15.0. The summed E-state index contributed by atoms with van der Waals surface area (Å²) in [6.07, 6.45) is 2.89. The Hall–Kier alpha value is -3.42. The molecule has 31 heavy (non-hydrogen) atoms. The predicted molar refractivity (Wildman–Crippen MR) is 111 cm³/mol. The molecule has 1 aliphatic carbocycles. The highest BCUT2D eigenvalue weighted by Crippen LogP contribution is 2.33. The maximum absolute atomic E-state index is 13.3. The van der Waals surface area contributed by atoms with Gasteiger partial charge in [0.2, 0.25) is 5.91 Å². The number of anilines is 1. The molecule has 2 amide bonds. The first-order valence-electron chi connectivity index (χ1n) is 10.3. The molecule has 0 unspecified atom stereocenters. The summed E-state index contributed by atoms with van der Waals surface area (Å²) in [4.78, 5) is 38.4. The van der Waals surface area contributed by atoms with Gasteiger partial charge in [0.1, 0.15) is 17.3 Å². The minimum Gasteiger partial charge on any atom is -0.485 e. The van der Waals surface area contributed by atoms with Crippen molar-refractivity contribution in [2.75, 3.05) is 24.7 Å². The van der Waals surface area contributed by atoms with E-state index < -0.39 is 5.82 Å². The minimum absolute atomic E-state index is 0.0122. The van der Waals surface area contributed by atoms with Crippen LogP contribution in [0.25, 0.3) is 0 Å². The highest BCUT2D eigenvalue weighted by molar-refractivity contribution is 6.02. The molecule has 1 heterocycles. The van der Waals surface area contributed by atoms with Gasteiger partial charge in [0.25, 0.3) is 5.91 Å². The maximum atomic E-state index is 13.3. The van der Waals surface area contributed by atoms with Gasteiger partial charge in [-0.2, -0.15) is 0 Å². The number of ether oxygens (including phenoxy) is 2. The molecule has 8 heteroatoms. The Balaban J connectivity index is 1.40. The fraction of sp³-hybridized carbons (Fsp3) is 0.348. The summed E-state index contributed by atoms with van der Waals surface area (Å²) >= 11 is 0. The minimum atomic E-state index is -0.448. The fourth-order valence-electron chi connectivity index (χ4n) is 3.33. The van der Waals surface area contributed by atoms with Crippen LogP contribution in [0.3, 0.4) is 0 Å². The SMILES string of the molecule is O=C(CCCN1C(=O)COc2ccc(C(=O)COc3cccc(F)c3)cc21)NC1CC1. The third kappa shape index (κ3) is 5.39. The number of fused-ring (bicyclic) bond motifs is 1. The van der Waals surface area contributed by atoms with Gasteiger partial charge in [-0.05, 0) is 49.6 Å². The number of carbonyl (C=O) groups excluding carboxylic acids is 3. The molecule has 2 aliphatic rings. The van der Waals surface area contributed by atoms with Crippen molar-refractivity contribution < 1.29 is 28.2 Å². The number of hydrogen-bond donors (Lipinski definition) is 1. The molecule has 0 atom stereocenters. The second kappa shape index (κ2) is 9.16. The van der Waals surface area contributed by atoms with Crippen molar-refractivity contribution in [1.82, 2.24) is 5.32 Å². The highest BCUT2D eigenvalue weighted by Gasteiger charge is 2.27. The summed E-state index contributed by atoms with van der Waals surface area (Å²) in [5.74, 6) is -0.234. The van der Waals surface area contributed by atoms with E-state index in [0.29, 0.717) is 42.4 Å². The molecule has 4 rings (SSSR count). The average molecular weight is 426 g/mol. The Morgan fingerprint density at radius 1 is 1.19 bits per heavy atom. The van der Waals surface area contributed by atoms with Gasteiger partial charge in [-0.1, -0.05) is 6.07 Å². The molecule has 0 aromatic heterocycles. The molecule has 2 aromatic rings. The molecule has 162 valence electrons. The number of benzene rings is 2. The summed E-state index contributed by atoms with van der Waals surface area (Å²) < 4.78 is 24.1. The number of hydrogen-bond acceptors (Lipinski definition) is 5. The van der Waals surface area contributed by atoms with Gasteiger partial charge < -0.3 is 19.7 Å². The number of nitrogens with zero attached hydrogens (tertiary/aromatic N) is 1. The number of Topliss-reactive ketones (excluding diaryl/α,β-unsaturated/α-hetero) is 1. The van der Waals surface area contributed by atoms with E-state index in [1.165, 1.54) is 18.2 Å². The Labute approximate surface area is 179 Å². The Kier molecular flexibility index (Phi) is 6.16. The summed E-state index contributed by atoms with van der Waals surface area (Å²) in [6, 6.07) is 10.7. The summed E-state index contributed by atoms with van der Waals surface area (Å²) in [6.45, 7) is 0.000341. The molecule has 1 fully saturated rings. The Morgan fingerprint density at radius 3 is 2.81 bits per heavy atom. The van der Waals surface area contributed by atoms with Crippen LogP contribution in [-0.2, 0) is 9.59 Å².